The van der Waals surface area contributed by atoms with E-state index in [1.807, 2.05) is 0 Å². The number of nitrogens with two attached hydrogens (primary N) is 1. The second kappa shape index (κ2) is 12.7. The van der Waals surface area contributed by atoms with E-state index in [0.29, 0.717) is 0 Å². The number of benzene rings is 1. The van der Waals surface area contributed by atoms with Crippen LogP contribution in [0.1, 0.15) is 37.8 Å². The zero-order chi connectivity index (χ0) is 29.0. The Morgan fingerprint density at radius 1 is 1.27 bits per heavy atom. The van der Waals surface area contributed by atoms with Gasteiger partial charge in [0.1, 0.15) is 10.8 Å². The Morgan fingerprint density at radius 2 is 1.98 bits per heavy atom. The standard InChI is InChI=1S/C27H39ClN8O3S/c1-17(2)40(37,38)25(29)23(15-30-4)32-26-21(28)14-31-27(34-26)33-22-12-18(3)19(13-24(22)39-20-6-7-20)16-36-10-8-35(5)9-11-36/h12-15,17,20H,6-11,16,29H2,1-5H3,(H2,31,32,33,34). The van der Waals surface area contributed by atoms with Gasteiger partial charge in [-0.05, 0) is 63.9 Å². The minimum Gasteiger partial charge on any atom is -0.488 e. The molecular weight excluding hydrogens is 552 g/mol. The molecule has 2 fully saturated rings. The van der Waals surface area contributed by atoms with E-state index < -0.39 is 15.1 Å². The molecule has 4 N–H and O–H groups in total. The molecule has 4 rings (SSSR count). The van der Waals surface area contributed by atoms with Crippen LogP contribution in [-0.4, -0.2) is 86.0 Å². The maximum Gasteiger partial charge on any atom is 0.229 e. The molecule has 0 spiro atoms. The fourth-order valence-corrected chi connectivity index (χ4v) is 5.22. The number of anilines is 3. The highest BCUT2D eigenvalue weighted by Gasteiger charge is 2.26. The monoisotopic (exact) mass is 590 g/mol. The second-order valence-electron chi connectivity index (χ2n) is 10.6. The number of aliphatic imine (C=N–C) groups is 1. The van der Waals surface area contributed by atoms with Gasteiger partial charge < -0.3 is 26.0 Å². The average molecular weight is 591 g/mol. The predicted octanol–water partition coefficient (Wildman–Crippen LogP) is 3.53. The Labute approximate surface area is 241 Å². The molecule has 1 aromatic carbocycles. The number of sulfone groups is 1. The topological polar surface area (TPSA) is 138 Å². The van der Waals surface area contributed by atoms with Gasteiger partial charge in [0.15, 0.2) is 20.7 Å². The lowest BCUT2D eigenvalue weighted by Gasteiger charge is -2.32. The van der Waals surface area contributed by atoms with Crippen molar-refractivity contribution in [1.82, 2.24) is 19.8 Å². The van der Waals surface area contributed by atoms with E-state index in [4.69, 9.17) is 22.1 Å². The highest BCUT2D eigenvalue weighted by atomic mass is 35.5. The van der Waals surface area contributed by atoms with E-state index in [1.54, 1.807) is 13.8 Å². The summed E-state index contributed by atoms with van der Waals surface area (Å²) in [7, 11) is -0.0738. The van der Waals surface area contributed by atoms with Crippen LogP contribution < -0.4 is 21.1 Å². The quantitative estimate of drug-likeness (QED) is 0.333. The first-order valence-corrected chi connectivity index (χ1v) is 15.3. The summed E-state index contributed by atoms with van der Waals surface area (Å²) in [5, 5.41) is 5.33. The van der Waals surface area contributed by atoms with Gasteiger partial charge in [-0.3, -0.25) is 9.89 Å². The molecule has 1 saturated heterocycles. The molecule has 0 radical (unpaired) electrons. The van der Waals surface area contributed by atoms with Gasteiger partial charge in [0.25, 0.3) is 0 Å². The molecule has 0 bridgehead atoms. The molecule has 0 atom stereocenters. The smallest absolute Gasteiger partial charge is 0.229 e. The van der Waals surface area contributed by atoms with Crippen molar-refractivity contribution in [3.8, 4) is 5.75 Å². The number of halogens is 1. The van der Waals surface area contributed by atoms with Gasteiger partial charge in [0, 0.05) is 46.0 Å². The molecule has 1 aliphatic carbocycles. The number of ether oxygens (including phenoxy) is 1. The van der Waals surface area contributed by atoms with Crippen LogP contribution in [0.4, 0.5) is 17.5 Å². The van der Waals surface area contributed by atoms with E-state index >= 15 is 0 Å². The highest BCUT2D eigenvalue weighted by molar-refractivity contribution is 7.95. The van der Waals surface area contributed by atoms with Crippen molar-refractivity contribution in [2.75, 3.05) is 50.9 Å². The minimum absolute atomic E-state index is 0.0737. The number of hydrogen-bond donors (Lipinski definition) is 3. The summed E-state index contributed by atoms with van der Waals surface area (Å²) in [5.74, 6) is 1.19. The molecule has 1 aromatic heterocycles. The summed E-state index contributed by atoms with van der Waals surface area (Å²) in [4.78, 5) is 17.6. The van der Waals surface area contributed by atoms with Crippen molar-refractivity contribution in [3.05, 3.63) is 45.2 Å². The molecule has 2 aromatic rings. The lowest BCUT2D eigenvalue weighted by molar-refractivity contribution is 0.148. The van der Waals surface area contributed by atoms with Gasteiger partial charge in [-0.15, -0.1) is 0 Å². The second-order valence-corrected chi connectivity index (χ2v) is 13.5. The van der Waals surface area contributed by atoms with E-state index in [9.17, 15) is 8.42 Å². The lowest BCUT2D eigenvalue weighted by Crippen LogP contribution is -2.43. The summed E-state index contributed by atoms with van der Waals surface area (Å²) in [6.45, 7) is 10.3. The molecule has 0 amide bonds. The van der Waals surface area contributed by atoms with Crippen molar-refractivity contribution in [2.24, 2.45) is 10.7 Å². The summed E-state index contributed by atoms with van der Waals surface area (Å²) >= 11 is 6.38. The Kier molecular flexibility index (Phi) is 9.55. The largest absolute Gasteiger partial charge is 0.488 e. The number of aromatic nitrogens is 2. The van der Waals surface area contributed by atoms with Gasteiger partial charge in [0.05, 0.1) is 28.9 Å². The van der Waals surface area contributed by atoms with Gasteiger partial charge in [-0.1, -0.05) is 11.6 Å². The molecule has 40 heavy (non-hydrogen) atoms. The molecule has 1 aliphatic heterocycles. The van der Waals surface area contributed by atoms with Crippen molar-refractivity contribution in [1.29, 1.82) is 0 Å². The summed E-state index contributed by atoms with van der Waals surface area (Å²) < 4.78 is 31.6. The predicted molar refractivity (Wildman–Crippen MR) is 161 cm³/mol. The average Bonchev–Trinajstić information content (AvgIpc) is 3.73. The Morgan fingerprint density at radius 3 is 2.60 bits per heavy atom. The SMILES string of the molecule is CN=CC(Nc1nc(Nc2cc(C)c(CN3CCN(C)CC3)cc2OC2CC2)ncc1Cl)=C(N)S(=O)(=O)C(C)C. The maximum atomic E-state index is 12.7. The van der Waals surface area contributed by atoms with Crippen LogP contribution >= 0.6 is 11.6 Å². The third kappa shape index (κ3) is 7.42. The van der Waals surface area contributed by atoms with Crippen LogP contribution in [0.5, 0.6) is 5.75 Å². The summed E-state index contributed by atoms with van der Waals surface area (Å²) in [5.41, 5.74) is 9.20. The van der Waals surface area contributed by atoms with E-state index in [2.05, 4.69) is 61.5 Å². The molecule has 218 valence electrons. The van der Waals surface area contributed by atoms with Crippen LogP contribution in [0.25, 0.3) is 0 Å². The van der Waals surface area contributed by atoms with E-state index in [-0.39, 0.29) is 33.6 Å². The number of nitrogens with one attached hydrogen (secondary N) is 2. The molecular formula is C27H39ClN8O3S. The van der Waals surface area contributed by atoms with Gasteiger partial charge in [0.2, 0.25) is 5.95 Å². The van der Waals surface area contributed by atoms with E-state index in [1.165, 1.54) is 25.0 Å². The number of rotatable bonds is 11. The van der Waals surface area contributed by atoms with Crippen LogP contribution in [0.15, 0.2) is 34.0 Å². The number of hydrogen-bond acceptors (Lipinski definition) is 11. The fraction of sp³-hybridized carbons (Fsp3) is 0.519. The first-order valence-electron chi connectivity index (χ1n) is 13.4. The van der Waals surface area contributed by atoms with Crippen molar-refractivity contribution >= 4 is 45.1 Å². The number of aryl methyl sites for hydroxylation is 1. The minimum atomic E-state index is -3.74. The van der Waals surface area contributed by atoms with Crippen LogP contribution in [-0.2, 0) is 16.4 Å². The Hall–Kier alpha value is -2.93. The van der Waals surface area contributed by atoms with Gasteiger partial charge in [-0.25, -0.2) is 13.4 Å². The first-order chi connectivity index (χ1) is 19.0. The first kappa shape index (κ1) is 30.0. The third-order valence-electron chi connectivity index (χ3n) is 6.94. The van der Waals surface area contributed by atoms with Crippen LogP contribution in [0.3, 0.4) is 0 Å². The number of allylic oxidation sites excluding steroid dienone is 1. The molecule has 11 nitrogen and oxygen atoms in total. The normalized spacial score (nSPS) is 17.8. The van der Waals surface area contributed by atoms with Gasteiger partial charge in [-0.2, -0.15) is 4.98 Å². The number of likely N-dealkylation sites (N-methyl/N-ethyl adjacent to an activating group) is 1. The Balaban J connectivity index is 1.61. The zero-order valence-electron chi connectivity index (χ0n) is 23.7. The van der Waals surface area contributed by atoms with Crippen LogP contribution in [0.2, 0.25) is 5.02 Å². The Bertz CT molecular complexity index is 1380. The summed E-state index contributed by atoms with van der Waals surface area (Å²) in [6, 6.07) is 4.16. The number of piperazine rings is 1. The van der Waals surface area contributed by atoms with Crippen molar-refractivity contribution < 1.29 is 13.2 Å². The summed E-state index contributed by atoms with van der Waals surface area (Å²) in [6.07, 6.45) is 5.02. The lowest BCUT2D eigenvalue weighted by atomic mass is 10.1. The molecule has 13 heteroatoms. The molecule has 2 heterocycles. The third-order valence-corrected chi connectivity index (χ3v) is 9.29. The molecule has 1 saturated carbocycles. The van der Waals surface area contributed by atoms with Crippen molar-refractivity contribution in [2.45, 2.75) is 51.5 Å². The van der Waals surface area contributed by atoms with Gasteiger partial charge >= 0.3 is 0 Å². The zero-order valence-corrected chi connectivity index (χ0v) is 25.3. The maximum absolute atomic E-state index is 12.7. The van der Waals surface area contributed by atoms with E-state index in [0.717, 1.165) is 62.6 Å². The molecule has 0 unspecified atom stereocenters. The van der Waals surface area contributed by atoms with Crippen molar-refractivity contribution in [3.63, 3.8) is 0 Å². The highest BCUT2D eigenvalue weighted by Crippen LogP contribution is 2.36. The molecule has 2 aliphatic rings. The van der Waals surface area contributed by atoms with Crippen LogP contribution in [0, 0.1) is 6.92 Å². The fourth-order valence-electron chi connectivity index (χ4n) is 4.16. The number of nitrogens with zero attached hydrogens (tertiary/aromatic N) is 5.